The van der Waals surface area contributed by atoms with Crippen LogP contribution in [-0.2, 0) is 4.79 Å². The Bertz CT molecular complexity index is 194. The Balaban J connectivity index is 4.24. The third-order valence-electron chi connectivity index (χ3n) is 1.01. The molecule has 0 heterocycles. The normalized spacial score (nSPS) is 14.8. The number of nitriles is 1. The largest absolute Gasteiger partial charge is 0.370 e. The summed E-state index contributed by atoms with van der Waals surface area (Å²) in [6, 6.07) is 1.70. The second-order valence-electron chi connectivity index (χ2n) is 2.14. The van der Waals surface area contributed by atoms with Crippen LogP contribution < -0.4 is 5.73 Å². The summed E-state index contributed by atoms with van der Waals surface area (Å²) in [5.41, 5.74) is 10.1. The van der Waals surface area contributed by atoms with E-state index < -0.39 is 11.4 Å². The second kappa shape index (κ2) is 2.92. The summed E-state index contributed by atoms with van der Waals surface area (Å²) in [7, 11) is 0. The molecular formula is C5H8N4O. The summed E-state index contributed by atoms with van der Waals surface area (Å²) >= 11 is 0. The number of hydrogen-bond donors (Lipinski definition) is 2. The first kappa shape index (κ1) is 8.56. The van der Waals surface area contributed by atoms with Gasteiger partial charge in [0.05, 0.1) is 12.5 Å². The predicted octanol–water partition coefficient (Wildman–Crippen LogP) is 0.175. The van der Waals surface area contributed by atoms with E-state index in [1.165, 1.54) is 6.92 Å². The number of nitrogens with two attached hydrogens (primary N) is 1. The molecular weight excluding hydrogens is 132 g/mol. The van der Waals surface area contributed by atoms with Crippen LogP contribution in [0.25, 0.3) is 0 Å². The maximum atomic E-state index is 10.3. The minimum Gasteiger partial charge on any atom is -0.370 e. The lowest BCUT2D eigenvalue weighted by molar-refractivity contribution is -0.118. The molecule has 5 heteroatoms. The molecule has 0 fully saturated rings. The van der Waals surface area contributed by atoms with Gasteiger partial charge in [-0.25, -0.2) is 5.53 Å². The molecule has 1 atom stereocenters. The third kappa shape index (κ3) is 2.22. The van der Waals surface area contributed by atoms with E-state index in [1.807, 2.05) is 0 Å². The summed E-state index contributed by atoms with van der Waals surface area (Å²) in [6.45, 7) is 1.38. The topological polar surface area (TPSA) is 103 Å². The average Bonchev–Trinajstić information content (AvgIpc) is 1.87. The minimum atomic E-state index is -1.27. The van der Waals surface area contributed by atoms with Crippen molar-refractivity contribution in [2.45, 2.75) is 18.9 Å². The van der Waals surface area contributed by atoms with Gasteiger partial charge in [0.1, 0.15) is 0 Å². The fourth-order valence-corrected chi connectivity index (χ4v) is 0.443. The van der Waals surface area contributed by atoms with Crippen molar-refractivity contribution in [2.75, 3.05) is 0 Å². The lowest BCUT2D eigenvalue weighted by atomic mass is 10.0. The molecule has 0 bridgehead atoms. The molecule has 0 saturated heterocycles. The fourth-order valence-electron chi connectivity index (χ4n) is 0.443. The Labute approximate surface area is 58.3 Å². The molecule has 1 amide bonds. The smallest absolute Gasteiger partial charge is 0.221 e. The molecule has 54 valence electrons. The average molecular weight is 140 g/mol. The first-order chi connectivity index (χ1) is 4.54. The number of carbonyl (C=O) groups is 1. The van der Waals surface area contributed by atoms with E-state index in [0.717, 1.165) is 0 Å². The Kier molecular flexibility index (Phi) is 2.50. The zero-order valence-corrected chi connectivity index (χ0v) is 5.59. The van der Waals surface area contributed by atoms with Gasteiger partial charge in [-0.3, -0.25) is 4.79 Å². The Morgan fingerprint density at radius 1 is 2.00 bits per heavy atom. The minimum absolute atomic E-state index is 0.201. The van der Waals surface area contributed by atoms with Crippen LogP contribution in [0.2, 0.25) is 0 Å². The van der Waals surface area contributed by atoms with E-state index in [2.05, 4.69) is 5.11 Å². The van der Waals surface area contributed by atoms with Crippen LogP contribution >= 0.6 is 0 Å². The van der Waals surface area contributed by atoms with Crippen LogP contribution in [-0.4, -0.2) is 11.4 Å². The molecule has 0 aromatic rings. The van der Waals surface area contributed by atoms with Crippen molar-refractivity contribution in [3.63, 3.8) is 0 Å². The quantitative estimate of drug-likeness (QED) is 0.546. The first-order valence-corrected chi connectivity index (χ1v) is 2.62. The van der Waals surface area contributed by atoms with Gasteiger partial charge < -0.3 is 5.73 Å². The highest BCUT2D eigenvalue weighted by Gasteiger charge is 2.24. The maximum absolute atomic E-state index is 10.3. The van der Waals surface area contributed by atoms with Gasteiger partial charge >= 0.3 is 0 Å². The van der Waals surface area contributed by atoms with Crippen molar-refractivity contribution in [3.8, 4) is 6.07 Å². The summed E-state index contributed by atoms with van der Waals surface area (Å²) in [6.07, 6.45) is -0.201. The number of amides is 1. The van der Waals surface area contributed by atoms with Crippen molar-refractivity contribution in [2.24, 2.45) is 10.8 Å². The van der Waals surface area contributed by atoms with E-state index in [1.54, 1.807) is 6.07 Å². The van der Waals surface area contributed by atoms with Crippen LogP contribution in [0.3, 0.4) is 0 Å². The van der Waals surface area contributed by atoms with Crippen molar-refractivity contribution >= 4 is 5.91 Å². The summed E-state index contributed by atoms with van der Waals surface area (Å²) in [5, 5.41) is 11.3. The molecule has 0 unspecified atom stereocenters. The lowest BCUT2D eigenvalue weighted by Crippen LogP contribution is -2.27. The van der Waals surface area contributed by atoms with Crippen LogP contribution in [0.5, 0.6) is 0 Å². The van der Waals surface area contributed by atoms with Crippen molar-refractivity contribution in [1.29, 1.82) is 10.8 Å². The highest BCUT2D eigenvalue weighted by atomic mass is 16.1. The van der Waals surface area contributed by atoms with Gasteiger partial charge in [-0.05, 0) is 6.92 Å². The molecule has 5 nitrogen and oxygen atoms in total. The van der Waals surface area contributed by atoms with E-state index in [0.29, 0.717) is 0 Å². The Morgan fingerprint density at radius 2 is 2.50 bits per heavy atom. The lowest BCUT2D eigenvalue weighted by Gasteiger charge is -2.09. The van der Waals surface area contributed by atoms with Crippen molar-refractivity contribution in [1.82, 2.24) is 0 Å². The molecule has 0 aliphatic rings. The molecule has 0 saturated carbocycles. The van der Waals surface area contributed by atoms with Gasteiger partial charge in [-0.15, -0.1) is 0 Å². The van der Waals surface area contributed by atoms with Crippen LogP contribution in [0.1, 0.15) is 13.3 Å². The van der Waals surface area contributed by atoms with Gasteiger partial charge in [0.2, 0.25) is 5.91 Å². The van der Waals surface area contributed by atoms with Gasteiger partial charge in [0.15, 0.2) is 5.54 Å². The Hall–Kier alpha value is -1.44. The highest BCUT2D eigenvalue weighted by Crippen LogP contribution is 2.12. The van der Waals surface area contributed by atoms with Gasteiger partial charge in [-0.2, -0.15) is 10.4 Å². The maximum Gasteiger partial charge on any atom is 0.221 e. The zero-order valence-electron chi connectivity index (χ0n) is 5.59. The number of rotatable bonds is 3. The highest BCUT2D eigenvalue weighted by molar-refractivity contribution is 5.75. The van der Waals surface area contributed by atoms with Crippen LogP contribution in [0, 0.1) is 16.9 Å². The first-order valence-electron chi connectivity index (χ1n) is 2.62. The van der Waals surface area contributed by atoms with Gasteiger partial charge in [0.25, 0.3) is 0 Å². The van der Waals surface area contributed by atoms with Gasteiger partial charge in [0, 0.05) is 0 Å². The van der Waals surface area contributed by atoms with Crippen molar-refractivity contribution in [3.05, 3.63) is 0 Å². The summed E-state index contributed by atoms with van der Waals surface area (Å²) in [4.78, 5) is 10.3. The number of primary amides is 1. The summed E-state index contributed by atoms with van der Waals surface area (Å²) < 4.78 is 0. The predicted molar refractivity (Wildman–Crippen MR) is 33.0 cm³/mol. The van der Waals surface area contributed by atoms with E-state index >= 15 is 0 Å². The molecule has 10 heavy (non-hydrogen) atoms. The fraction of sp³-hybridized carbons (Fsp3) is 0.600. The second-order valence-corrected chi connectivity index (χ2v) is 2.14. The monoisotopic (exact) mass is 140 g/mol. The number of nitrogens with zero attached hydrogens (tertiary/aromatic N) is 2. The molecule has 3 N–H and O–H groups in total. The van der Waals surface area contributed by atoms with E-state index in [4.69, 9.17) is 16.5 Å². The number of nitrogens with one attached hydrogen (secondary N) is 1. The van der Waals surface area contributed by atoms with Crippen molar-refractivity contribution < 1.29 is 4.79 Å². The van der Waals surface area contributed by atoms with Gasteiger partial charge in [-0.1, -0.05) is 0 Å². The van der Waals surface area contributed by atoms with E-state index in [9.17, 15) is 4.79 Å². The SMILES string of the molecule is C[C@](C#N)(CC(N)=O)N=N. The zero-order chi connectivity index (χ0) is 8.20. The standard InChI is InChI=1S/C5H8N4O/c1-5(3-6,9-8)2-4(7)10/h8H,2H2,1H3,(H2,7,10)/t5-/m1/s1. The van der Waals surface area contributed by atoms with Crippen LogP contribution in [0.4, 0.5) is 0 Å². The molecule has 0 aliphatic heterocycles. The number of hydrogen-bond acceptors (Lipinski definition) is 4. The molecule has 0 aromatic heterocycles. The van der Waals surface area contributed by atoms with E-state index in [-0.39, 0.29) is 6.42 Å². The molecule has 0 aliphatic carbocycles. The molecule has 0 rings (SSSR count). The molecule has 0 radical (unpaired) electrons. The third-order valence-corrected chi connectivity index (χ3v) is 1.01. The Morgan fingerprint density at radius 3 is 2.60 bits per heavy atom. The molecule has 0 spiro atoms. The molecule has 0 aromatic carbocycles. The summed E-state index contributed by atoms with van der Waals surface area (Å²) in [5.74, 6) is -0.625. The number of carbonyl (C=O) groups excluding carboxylic acids is 1. The van der Waals surface area contributed by atoms with Crippen LogP contribution in [0.15, 0.2) is 5.11 Å².